The maximum atomic E-state index is 11.4. The van der Waals surface area contributed by atoms with Crippen molar-refractivity contribution in [3.63, 3.8) is 0 Å². The molecule has 3 heterocycles. The number of primary amides is 1. The van der Waals surface area contributed by atoms with Crippen LogP contribution in [0.25, 0.3) is 10.7 Å². The van der Waals surface area contributed by atoms with Gasteiger partial charge in [0.25, 0.3) is 5.91 Å². The van der Waals surface area contributed by atoms with Crippen LogP contribution in [-0.4, -0.2) is 26.1 Å². The Balaban J connectivity index is 1.90. The third-order valence-electron chi connectivity index (χ3n) is 2.47. The average Bonchev–Trinajstić information content (AvgIpc) is 3.08. The third kappa shape index (κ3) is 3.14. The number of nitrogens with one attached hydrogen (secondary N) is 1. The summed E-state index contributed by atoms with van der Waals surface area (Å²) in [5.74, 6) is 0.107. The molecule has 0 aliphatic carbocycles. The molecule has 3 aromatic rings. The fourth-order valence-electron chi connectivity index (χ4n) is 1.60. The molecule has 3 aromatic heterocycles. The lowest BCUT2D eigenvalue weighted by Crippen LogP contribution is -2.14. The number of thiophene rings is 1. The predicted molar refractivity (Wildman–Crippen MR) is 84.3 cm³/mol. The summed E-state index contributed by atoms with van der Waals surface area (Å²) in [5, 5.41) is 9.47. The molecule has 9 heteroatoms. The van der Waals surface area contributed by atoms with Crippen molar-refractivity contribution >= 4 is 44.9 Å². The number of carbonyl (C=O) groups excluding carboxylic acids is 1. The van der Waals surface area contributed by atoms with Crippen molar-refractivity contribution < 1.29 is 4.79 Å². The van der Waals surface area contributed by atoms with Crippen molar-refractivity contribution in [3.05, 3.63) is 39.9 Å². The molecule has 3 rings (SSSR count). The van der Waals surface area contributed by atoms with Crippen LogP contribution in [-0.2, 0) is 0 Å². The molecule has 0 aliphatic heterocycles. The lowest BCUT2D eigenvalue weighted by Gasteiger charge is -2.03. The molecule has 0 atom stereocenters. The molecule has 21 heavy (non-hydrogen) atoms. The van der Waals surface area contributed by atoms with Gasteiger partial charge in [-0.15, -0.1) is 16.4 Å². The molecule has 3 N–H and O–H groups in total. The second-order valence-corrected chi connectivity index (χ2v) is 6.78. The average molecular weight is 382 g/mol. The van der Waals surface area contributed by atoms with E-state index in [0.717, 1.165) is 9.35 Å². The maximum absolute atomic E-state index is 11.4. The molecular weight excluding hydrogens is 374 g/mol. The fourth-order valence-corrected chi connectivity index (χ4v) is 3.60. The quantitative estimate of drug-likeness (QED) is 0.723. The summed E-state index contributed by atoms with van der Waals surface area (Å²) in [4.78, 5) is 21.4. The highest BCUT2D eigenvalue weighted by molar-refractivity contribution is 9.10. The van der Waals surface area contributed by atoms with Gasteiger partial charge in [0.05, 0.1) is 4.88 Å². The highest BCUT2D eigenvalue weighted by atomic mass is 79.9. The van der Waals surface area contributed by atoms with Crippen LogP contribution >= 0.6 is 39.0 Å². The molecule has 0 aromatic carbocycles. The van der Waals surface area contributed by atoms with Crippen LogP contribution in [0.2, 0.25) is 0 Å². The number of hydrogen-bond acceptors (Lipinski definition) is 6. The Morgan fingerprint density at radius 2 is 2.33 bits per heavy atom. The van der Waals surface area contributed by atoms with Crippen molar-refractivity contribution in [1.29, 1.82) is 0 Å². The smallest absolute Gasteiger partial charge is 0.268 e. The summed E-state index contributed by atoms with van der Waals surface area (Å²) in [6, 6.07) is 5.66. The van der Waals surface area contributed by atoms with Crippen LogP contribution in [0, 0.1) is 0 Å². The van der Waals surface area contributed by atoms with E-state index < -0.39 is 5.91 Å². The maximum Gasteiger partial charge on any atom is 0.268 e. The van der Waals surface area contributed by atoms with Crippen LogP contribution in [0.15, 0.2) is 44.3 Å². The molecule has 0 spiro atoms. The SMILES string of the molecule is NC(=O)c1ncc(Br)cc1Sc1n[nH]c(-c2cccs2)n1. The number of aromatic amines is 1. The number of pyridine rings is 1. The first kappa shape index (κ1) is 14.2. The van der Waals surface area contributed by atoms with Gasteiger partial charge in [0.2, 0.25) is 5.16 Å². The van der Waals surface area contributed by atoms with E-state index in [9.17, 15) is 4.79 Å². The van der Waals surface area contributed by atoms with Crippen molar-refractivity contribution in [1.82, 2.24) is 20.2 Å². The lowest BCUT2D eigenvalue weighted by atomic mass is 10.3. The van der Waals surface area contributed by atoms with E-state index in [1.807, 2.05) is 17.5 Å². The molecule has 0 bridgehead atoms. The van der Waals surface area contributed by atoms with Gasteiger partial charge >= 0.3 is 0 Å². The zero-order valence-corrected chi connectivity index (χ0v) is 13.6. The first-order valence-electron chi connectivity index (χ1n) is 5.73. The van der Waals surface area contributed by atoms with Crippen LogP contribution in [0.4, 0.5) is 0 Å². The van der Waals surface area contributed by atoms with Gasteiger partial charge < -0.3 is 5.73 Å². The van der Waals surface area contributed by atoms with Gasteiger partial charge in [-0.3, -0.25) is 9.89 Å². The van der Waals surface area contributed by atoms with Crippen molar-refractivity contribution in [2.45, 2.75) is 10.1 Å². The molecular formula is C12H8BrN5OS2. The minimum absolute atomic E-state index is 0.200. The Morgan fingerprint density at radius 1 is 1.48 bits per heavy atom. The standard InChI is InChI=1S/C12H8BrN5OS2/c13-6-4-8(9(10(14)19)15-5-6)21-12-16-11(17-18-12)7-2-1-3-20-7/h1-5H,(H2,14,19)(H,16,17,18). The zero-order chi connectivity index (χ0) is 14.8. The van der Waals surface area contributed by atoms with Gasteiger partial charge in [0, 0.05) is 15.6 Å². The van der Waals surface area contributed by atoms with E-state index in [-0.39, 0.29) is 5.69 Å². The van der Waals surface area contributed by atoms with E-state index >= 15 is 0 Å². The number of amides is 1. The van der Waals surface area contributed by atoms with E-state index in [0.29, 0.717) is 15.9 Å². The molecule has 0 saturated heterocycles. The zero-order valence-electron chi connectivity index (χ0n) is 10.4. The number of aromatic nitrogens is 4. The first-order chi connectivity index (χ1) is 10.1. The van der Waals surface area contributed by atoms with Gasteiger partial charge in [0.15, 0.2) is 5.82 Å². The number of rotatable bonds is 4. The number of hydrogen-bond donors (Lipinski definition) is 2. The Bertz CT molecular complexity index is 787. The summed E-state index contributed by atoms with van der Waals surface area (Å²) >= 11 is 6.12. The lowest BCUT2D eigenvalue weighted by molar-refractivity contribution is 0.0992. The topological polar surface area (TPSA) is 97.5 Å². The summed E-state index contributed by atoms with van der Waals surface area (Å²) in [6.07, 6.45) is 1.53. The Kier molecular flexibility index (Phi) is 4.04. The summed E-state index contributed by atoms with van der Waals surface area (Å²) in [7, 11) is 0. The van der Waals surface area contributed by atoms with Crippen LogP contribution in [0.1, 0.15) is 10.5 Å². The minimum atomic E-state index is -0.584. The van der Waals surface area contributed by atoms with Gasteiger partial charge in [-0.1, -0.05) is 6.07 Å². The first-order valence-corrected chi connectivity index (χ1v) is 8.22. The number of halogens is 1. The molecule has 0 saturated carbocycles. The molecule has 0 unspecified atom stereocenters. The molecule has 0 fully saturated rings. The van der Waals surface area contributed by atoms with Gasteiger partial charge in [0.1, 0.15) is 5.69 Å². The van der Waals surface area contributed by atoms with Gasteiger partial charge in [-0.25, -0.2) is 9.97 Å². The largest absolute Gasteiger partial charge is 0.364 e. The Hall–Kier alpha value is -1.71. The second kappa shape index (κ2) is 5.96. The normalized spacial score (nSPS) is 10.7. The third-order valence-corrected chi connectivity index (χ3v) is 4.68. The number of carbonyl (C=O) groups is 1. The Labute approximate surface area is 136 Å². The van der Waals surface area contributed by atoms with Crippen molar-refractivity contribution in [2.24, 2.45) is 5.73 Å². The van der Waals surface area contributed by atoms with E-state index in [2.05, 4.69) is 36.1 Å². The summed E-state index contributed by atoms with van der Waals surface area (Å²) in [6.45, 7) is 0. The summed E-state index contributed by atoms with van der Waals surface area (Å²) in [5.41, 5.74) is 5.52. The monoisotopic (exact) mass is 381 g/mol. The molecule has 6 nitrogen and oxygen atoms in total. The minimum Gasteiger partial charge on any atom is -0.364 e. The summed E-state index contributed by atoms with van der Waals surface area (Å²) < 4.78 is 0.754. The van der Waals surface area contributed by atoms with Crippen LogP contribution < -0.4 is 5.73 Å². The number of H-pyrrole nitrogens is 1. The van der Waals surface area contributed by atoms with Gasteiger partial charge in [-0.05, 0) is 45.2 Å². The van der Waals surface area contributed by atoms with Gasteiger partial charge in [-0.2, -0.15) is 0 Å². The van der Waals surface area contributed by atoms with Crippen LogP contribution in [0.3, 0.4) is 0 Å². The number of nitrogens with two attached hydrogens (primary N) is 1. The highest BCUT2D eigenvalue weighted by Crippen LogP contribution is 2.31. The Morgan fingerprint density at radius 3 is 3.05 bits per heavy atom. The predicted octanol–water partition coefficient (Wildman–Crippen LogP) is 2.94. The molecule has 1 amide bonds. The van der Waals surface area contributed by atoms with Crippen molar-refractivity contribution in [3.8, 4) is 10.7 Å². The van der Waals surface area contributed by atoms with Crippen molar-refractivity contribution in [2.75, 3.05) is 0 Å². The fraction of sp³-hybridized carbons (Fsp3) is 0. The van der Waals surface area contributed by atoms with Crippen LogP contribution in [0.5, 0.6) is 0 Å². The molecule has 106 valence electrons. The highest BCUT2D eigenvalue weighted by Gasteiger charge is 2.15. The molecule has 0 radical (unpaired) electrons. The van der Waals surface area contributed by atoms with E-state index in [1.165, 1.54) is 18.0 Å². The second-order valence-electron chi connectivity index (χ2n) is 3.91. The van der Waals surface area contributed by atoms with E-state index in [1.54, 1.807) is 17.4 Å². The van der Waals surface area contributed by atoms with E-state index in [4.69, 9.17) is 5.73 Å². The molecule has 0 aliphatic rings. The number of nitrogens with zero attached hydrogens (tertiary/aromatic N) is 3.